The number of aromatic nitrogens is 3. The topological polar surface area (TPSA) is 50.7 Å². The molecule has 4 nitrogen and oxygen atoms in total. The molecule has 0 amide bonds. The second kappa shape index (κ2) is 6.28. The smallest absolute Gasteiger partial charge is 0.0857 e. The van der Waals surface area contributed by atoms with Crippen LogP contribution < -0.4 is 5.32 Å². The maximum atomic E-state index is 4.44. The molecule has 1 atom stereocenters. The van der Waals surface area contributed by atoms with Crippen molar-refractivity contribution >= 4 is 27.5 Å². The Bertz CT molecular complexity index is 559. The van der Waals surface area contributed by atoms with Crippen LogP contribution in [0.4, 0.5) is 0 Å². The molecule has 0 saturated heterocycles. The van der Waals surface area contributed by atoms with E-state index in [1.807, 2.05) is 25.4 Å². The van der Waals surface area contributed by atoms with Crippen molar-refractivity contribution < 1.29 is 0 Å². The van der Waals surface area contributed by atoms with Crippen LogP contribution in [-0.2, 0) is 11.8 Å². The monoisotopic (exact) mass is 354 g/mol. The molecule has 0 radical (unpaired) electrons. The Kier molecular flexibility index (Phi) is 4.88. The minimum Gasteiger partial charge on any atom is -0.312 e. The molecule has 0 aliphatic heterocycles. The van der Waals surface area contributed by atoms with Crippen LogP contribution in [0.3, 0.4) is 0 Å². The molecular weight excluding hydrogens is 336 g/mol. The molecule has 0 aliphatic carbocycles. The number of halogens is 1. The van der Waals surface area contributed by atoms with E-state index >= 15 is 0 Å². The number of rotatable bonds is 4. The highest BCUT2D eigenvalue weighted by Crippen LogP contribution is 2.31. The van der Waals surface area contributed by atoms with Gasteiger partial charge in [0.15, 0.2) is 0 Å². The highest BCUT2D eigenvalue weighted by atomic mass is 79.9. The second-order valence-electron chi connectivity index (χ2n) is 5.75. The summed E-state index contributed by atoms with van der Waals surface area (Å²) in [6.07, 6.45) is 2.66. The Morgan fingerprint density at radius 3 is 2.65 bits per heavy atom. The predicted octanol–water partition coefficient (Wildman–Crippen LogP) is 3.50. The summed E-state index contributed by atoms with van der Waals surface area (Å²) in [4.78, 5) is 5.64. The van der Waals surface area contributed by atoms with Crippen molar-refractivity contribution in [3.05, 3.63) is 39.1 Å². The number of nitrogens with one attached hydrogen (secondary N) is 1. The third-order valence-electron chi connectivity index (χ3n) is 3.09. The summed E-state index contributed by atoms with van der Waals surface area (Å²) in [5, 5.41) is 7.67. The first kappa shape index (κ1) is 15.5. The number of pyridine rings is 1. The van der Waals surface area contributed by atoms with Crippen LogP contribution in [0.5, 0.6) is 0 Å². The van der Waals surface area contributed by atoms with Crippen molar-refractivity contribution in [1.29, 1.82) is 0 Å². The molecule has 1 N–H and O–H groups in total. The van der Waals surface area contributed by atoms with E-state index in [-0.39, 0.29) is 11.5 Å². The molecule has 2 heterocycles. The van der Waals surface area contributed by atoms with Gasteiger partial charge in [-0.2, -0.15) is 0 Å². The third-order valence-corrected chi connectivity index (χ3v) is 4.40. The van der Waals surface area contributed by atoms with Gasteiger partial charge >= 0.3 is 0 Å². The van der Waals surface area contributed by atoms with Gasteiger partial charge in [-0.3, -0.25) is 4.98 Å². The Labute approximate surface area is 132 Å². The molecule has 2 aromatic rings. The van der Waals surface area contributed by atoms with Gasteiger partial charge < -0.3 is 5.32 Å². The van der Waals surface area contributed by atoms with Crippen molar-refractivity contribution in [2.24, 2.45) is 0 Å². The summed E-state index contributed by atoms with van der Waals surface area (Å²) in [6, 6.07) is 4.25. The lowest BCUT2D eigenvalue weighted by atomic mass is 9.89. The molecule has 0 bridgehead atoms. The number of likely N-dealkylation sites (N-methyl/N-ethyl adjacent to an activating group) is 1. The van der Waals surface area contributed by atoms with Crippen molar-refractivity contribution in [3.8, 4) is 0 Å². The van der Waals surface area contributed by atoms with Crippen LogP contribution in [0.1, 0.15) is 43.1 Å². The van der Waals surface area contributed by atoms with Gasteiger partial charge in [-0.25, -0.2) is 0 Å². The molecule has 20 heavy (non-hydrogen) atoms. The molecule has 1 unspecified atom stereocenters. The van der Waals surface area contributed by atoms with Gasteiger partial charge in [0.2, 0.25) is 0 Å². The first-order chi connectivity index (χ1) is 9.41. The van der Waals surface area contributed by atoms with Gasteiger partial charge in [-0.15, -0.1) is 5.10 Å². The minimum absolute atomic E-state index is 0.00454. The van der Waals surface area contributed by atoms with Gasteiger partial charge in [0, 0.05) is 28.2 Å². The zero-order chi connectivity index (χ0) is 14.8. The lowest BCUT2D eigenvalue weighted by Gasteiger charge is -2.21. The van der Waals surface area contributed by atoms with Crippen molar-refractivity contribution in [3.63, 3.8) is 0 Å². The molecule has 2 rings (SSSR count). The highest BCUT2D eigenvalue weighted by Gasteiger charge is 2.26. The number of hydrogen-bond acceptors (Lipinski definition) is 5. The van der Waals surface area contributed by atoms with Crippen molar-refractivity contribution in [1.82, 2.24) is 19.9 Å². The van der Waals surface area contributed by atoms with E-state index in [2.05, 4.69) is 56.6 Å². The largest absolute Gasteiger partial charge is 0.312 e. The summed E-state index contributed by atoms with van der Waals surface area (Å²) >= 11 is 4.88. The summed E-state index contributed by atoms with van der Waals surface area (Å²) in [6.45, 7) is 6.49. The Morgan fingerprint density at radius 2 is 2.10 bits per heavy atom. The van der Waals surface area contributed by atoms with Crippen molar-refractivity contribution in [2.75, 3.05) is 7.05 Å². The molecule has 0 fully saturated rings. The van der Waals surface area contributed by atoms with Gasteiger partial charge in [-0.1, -0.05) is 25.3 Å². The number of nitrogens with zero attached hydrogens (tertiary/aromatic N) is 3. The van der Waals surface area contributed by atoms with E-state index in [1.165, 1.54) is 16.4 Å². The first-order valence-corrected chi connectivity index (χ1v) is 8.09. The fourth-order valence-corrected chi connectivity index (χ4v) is 3.22. The maximum Gasteiger partial charge on any atom is 0.0857 e. The van der Waals surface area contributed by atoms with Crippen LogP contribution >= 0.6 is 27.5 Å². The minimum atomic E-state index is 0.00454. The fraction of sp³-hybridized carbons (Fsp3) is 0.500. The molecule has 2 aromatic heterocycles. The summed E-state index contributed by atoms with van der Waals surface area (Å²) in [5.74, 6) is 0. The molecule has 0 aliphatic rings. The lowest BCUT2D eigenvalue weighted by molar-refractivity contribution is 0.528. The number of hydrogen-bond donors (Lipinski definition) is 1. The second-order valence-corrected chi connectivity index (χ2v) is 7.45. The summed E-state index contributed by atoms with van der Waals surface area (Å²) < 4.78 is 5.13. The van der Waals surface area contributed by atoms with E-state index in [4.69, 9.17) is 0 Å². The molecule has 0 saturated carbocycles. The zero-order valence-electron chi connectivity index (χ0n) is 12.1. The van der Waals surface area contributed by atoms with Gasteiger partial charge in [-0.05, 0) is 46.6 Å². The summed E-state index contributed by atoms with van der Waals surface area (Å²) in [7, 11) is 1.97. The first-order valence-electron chi connectivity index (χ1n) is 6.52. The normalized spacial score (nSPS) is 13.4. The third kappa shape index (κ3) is 3.62. The Balaban J connectivity index is 2.25. The van der Waals surface area contributed by atoms with Crippen LogP contribution in [0, 0.1) is 0 Å². The molecule has 108 valence electrons. The highest BCUT2D eigenvalue weighted by molar-refractivity contribution is 9.10. The quantitative estimate of drug-likeness (QED) is 0.912. The van der Waals surface area contributed by atoms with E-state index in [9.17, 15) is 0 Å². The van der Waals surface area contributed by atoms with Gasteiger partial charge in [0.1, 0.15) is 0 Å². The van der Waals surface area contributed by atoms with Crippen LogP contribution in [0.2, 0.25) is 0 Å². The predicted molar refractivity (Wildman–Crippen MR) is 86.1 cm³/mol. The lowest BCUT2D eigenvalue weighted by Crippen LogP contribution is -2.23. The molecular formula is C14H19BrN4S. The van der Waals surface area contributed by atoms with Crippen molar-refractivity contribution in [2.45, 2.75) is 38.6 Å². The molecule has 6 heteroatoms. The summed E-state index contributed by atoms with van der Waals surface area (Å²) in [5.41, 5.74) is 2.13. The van der Waals surface area contributed by atoms with Gasteiger partial charge in [0.25, 0.3) is 0 Å². The van der Waals surface area contributed by atoms with E-state index < -0.39 is 0 Å². The molecule has 0 aromatic carbocycles. The standard InChI is InChI=1S/C14H19BrN4S/c1-14(2,3)13-12(20-19-18-13)11(16-4)7-10-6-5-9(15)8-17-10/h5-6,8,11,16H,7H2,1-4H3. The zero-order valence-corrected chi connectivity index (χ0v) is 14.5. The van der Waals surface area contributed by atoms with E-state index in [1.54, 1.807) is 0 Å². The van der Waals surface area contributed by atoms with Crippen LogP contribution in [-0.4, -0.2) is 21.6 Å². The molecule has 0 spiro atoms. The van der Waals surface area contributed by atoms with Crippen LogP contribution in [0.15, 0.2) is 22.8 Å². The Morgan fingerprint density at radius 1 is 1.35 bits per heavy atom. The SMILES string of the molecule is CNC(Cc1ccc(Br)cn1)c1snnc1C(C)(C)C. The van der Waals surface area contributed by atoms with E-state index in [0.29, 0.717) is 0 Å². The average Bonchev–Trinajstić information content (AvgIpc) is 2.87. The average molecular weight is 355 g/mol. The van der Waals surface area contributed by atoms with Crippen LogP contribution in [0.25, 0.3) is 0 Å². The van der Waals surface area contributed by atoms with E-state index in [0.717, 1.165) is 22.3 Å². The Hall–Kier alpha value is -0.850. The fourth-order valence-electron chi connectivity index (χ4n) is 2.01. The van der Waals surface area contributed by atoms with Gasteiger partial charge in [0.05, 0.1) is 16.6 Å². The maximum absolute atomic E-state index is 4.44.